The van der Waals surface area contributed by atoms with E-state index < -0.39 is 0 Å². The predicted octanol–water partition coefficient (Wildman–Crippen LogP) is 2.94. The number of hydrogen-bond donors (Lipinski definition) is 0. The molecule has 120 valence electrons. The van der Waals surface area contributed by atoms with Crippen LogP contribution in [0.2, 0.25) is 0 Å². The second-order valence-corrected chi connectivity index (χ2v) is 4.92. The topological polar surface area (TPSA) is 74.2 Å². The molecule has 0 aliphatic heterocycles. The summed E-state index contributed by atoms with van der Waals surface area (Å²) in [6.07, 6.45) is 7.37. The third kappa shape index (κ3) is 3.38. The van der Waals surface area contributed by atoms with E-state index in [0.717, 1.165) is 16.8 Å². The van der Waals surface area contributed by atoms with E-state index in [1.54, 1.807) is 18.6 Å². The van der Waals surface area contributed by atoms with E-state index >= 15 is 0 Å². The van der Waals surface area contributed by atoms with Crippen LogP contribution in [0.5, 0.6) is 11.6 Å². The van der Waals surface area contributed by atoms with Crippen molar-refractivity contribution in [1.29, 1.82) is 0 Å². The molecule has 0 aliphatic carbocycles. The molecule has 0 fully saturated rings. The first-order valence-electron chi connectivity index (χ1n) is 7.28. The number of methoxy groups -OCH3 is 1. The normalized spacial score (nSPS) is 10.2. The highest BCUT2D eigenvalue weighted by molar-refractivity contribution is 5.79. The zero-order valence-electron chi connectivity index (χ0n) is 13.0. The standard InChI is InChI=1S/C18H15N3O3/c1-23-17-8-15(11-22)16(10-21-17)24-12-14-5-3-7-20-18(14)13-4-2-6-19-9-13/h2-11H,12H2,1H3. The van der Waals surface area contributed by atoms with E-state index in [4.69, 9.17) is 9.47 Å². The highest BCUT2D eigenvalue weighted by Gasteiger charge is 2.10. The van der Waals surface area contributed by atoms with Crippen molar-refractivity contribution in [3.63, 3.8) is 0 Å². The number of nitrogens with zero attached hydrogens (tertiary/aromatic N) is 3. The zero-order chi connectivity index (χ0) is 16.8. The number of carbonyl (C=O) groups excluding carboxylic acids is 1. The molecule has 0 aromatic carbocycles. The molecule has 0 saturated carbocycles. The molecule has 3 rings (SSSR count). The lowest BCUT2D eigenvalue weighted by Crippen LogP contribution is -2.02. The number of ether oxygens (including phenoxy) is 2. The molecule has 0 atom stereocenters. The van der Waals surface area contributed by atoms with Gasteiger partial charge in [0.1, 0.15) is 12.4 Å². The van der Waals surface area contributed by atoms with Crippen molar-refractivity contribution in [2.24, 2.45) is 0 Å². The maximum absolute atomic E-state index is 11.2. The van der Waals surface area contributed by atoms with Gasteiger partial charge < -0.3 is 9.47 Å². The molecule has 3 aromatic rings. The first kappa shape index (κ1) is 15.6. The van der Waals surface area contributed by atoms with Crippen molar-refractivity contribution in [1.82, 2.24) is 15.0 Å². The van der Waals surface area contributed by atoms with Gasteiger partial charge in [0.05, 0.1) is 24.6 Å². The van der Waals surface area contributed by atoms with Gasteiger partial charge in [-0.05, 0) is 18.2 Å². The Morgan fingerprint density at radius 1 is 1.12 bits per heavy atom. The molecule has 24 heavy (non-hydrogen) atoms. The van der Waals surface area contributed by atoms with E-state index in [0.29, 0.717) is 23.5 Å². The van der Waals surface area contributed by atoms with Crippen molar-refractivity contribution in [3.05, 3.63) is 66.2 Å². The molecule has 3 heterocycles. The lowest BCUT2D eigenvalue weighted by molar-refractivity contribution is 0.111. The Labute approximate surface area is 139 Å². The number of carbonyl (C=O) groups is 1. The Balaban J connectivity index is 1.85. The van der Waals surface area contributed by atoms with Crippen molar-refractivity contribution < 1.29 is 14.3 Å². The Morgan fingerprint density at radius 3 is 2.75 bits per heavy atom. The average molecular weight is 321 g/mol. The van der Waals surface area contributed by atoms with E-state index in [-0.39, 0.29) is 6.61 Å². The van der Waals surface area contributed by atoms with Crippen LogP contribution in [0.3, 0.4) is 0 Å². The largest absolute Gasteiger partial charge is 0.486 e. The van der Waals surface area contributed by atoms with Crippen LogP contribution in [0, 0.1) is 0 Å². The highest BCUT2D eigenvalue weighted by Crippen LogP contribution is 2.24. The van der Waals surface area contributed by atoms with Crippen LogP contribution >= 0.6 is 0 Å². The fourth-order valence-electron chi connectivity index (χ4n) is 2.24. The predicted molar refractivity (Wildman–Crippen MR) is 88.0 cm³/mol. The van der Waals surface area contributed by atoms with Crippen molar-refractivity contribution >= 4 is 6.29 Å². The first-order chi connectivity index (χ1) is 11.8. The Morgan fingerprint density at radius 2 is 2.00 bits per heavy atom. The molecule has 6 heteroatoms. The summed E-state index contributed by atoms with van der Waals surface area (Å²) in [4.78, 5) is 23.8. The number of rotatable bonds is 6. The fourth-order valence-corrected chi connectivity index (χ4v) is 2.24. The van der Waals surface area contributed by atoms with Gasteiger partial charge >= 0.3 is 0 Å². The van der Waals surface area contributed by atoms with Crippen LogP contribution in [-0.2, 0) is 6.61 Å². The summed E-state index contributed by atoms with van der Waals surface area (Å²) in [5.41, 5.74) is 2.96. The third-order valence-corrected chi connectivity index (χ3v) is 3.42. The Bertz CT molecular complexity index is 838. The average Bonchev–Trinajstić information content (AvgIpc) is 2.67. The Kier molecular flexibility index (Phi) is 4.76. The smallest absolute Gasteiger partial charge is 0.213 e. The monoisotopic (exact) mass is 321 g/mol. The minimum absolute atomic E-state index is 0.257. The number of aldehydes is 1. The van der Waals surface area contributed by atoms with Gasteiger partial charge in [-0.1, -0.05) is 6.07 Å². The van der Waals surface area contributed by atoms with Crippen molar-refractivity contribution in [2.75, 3.05) is 7.11 Å². The minimum atomic E-state index is 0.257. The molecule has 0 aliphatic rings. The van der Waals surface area contributed by atoms with Gasteiger partial charge in [-0.15, -0.1) is 0 Å². The van der Waals surface area contributed by atoms with Gasteiger partial charge in [0.25, 0.3) is 0 Å². The molecule has 0 unspecified atom stereocenters. The van der Waals surface area contributed by atoms with Crippen LogP contribution in [0.4, 0.5) is 0 Å². The second-order valence-electron chi connectivity index (χ2n) is 4.92. The molecule has 0 amide bonds. The van der Waals surface area contributed by atoms with E-state index in [1.807, 2.05) is 24.3 Å². The summed E-state index contributed by atoms with van der Waals surface area (Å²) >= 11 is 0. The van der Waals surface area contributed by atoms with Crippen molar-refractivity contribution in [2.45, 2.75) is 6.61 Å². The lowest BCUT2D eigenvalue weighted by atomic mass is 10.1. The summed E-state index contributed by atoms with van der Waals surface area (Å²) < 4.78 is 10.8. The summed E-state index contributed by atoms with van der Waals surface area (Å²) in [6.45, 7) is 0.257. The van der Waals surface area contributed by atoms with Crippen LogP contribution in [0.25, 0.3) is 11.3 Å². The molecule has 0 radical (unpaired) electrons. The molecular weight excluding hydrogens is 306 g/mol. The van der Waals surface area contributed by atoms with E-state index in [1.165, 1.54) is 19.4 Å². The third-order valence-electron chi connectivity index (χ3n) is 3.42. The minimum Gasteiger partial charge on any atom is -0.486 e. The maximum atomic E-state index is 11.2. The number of aromatic nitrogens is 3. The highest BCUT2D eigenvalue weighted by atomic mass is 16.5. The number of hydrogen-bond acceptors (Lipinski definition) is 6. The van der Waals surface area contributed by atoms with Gasteiger partial charge in [0.15, 0.2) is 6.29 Å². The molecule has 0 spiro atoms. The molecule has 0 N–H and O–H groups in total. The van der Waals surface area contributed by atoms with E-state index in [2.05, 4.69) is 15.0 Å². The quantitative estimate of drug-likeness (QED) is 0.650. The number of pyridine rings is 3. The van der Waals surface area contributed by atoms with E-state index in [9.17, 15) is 4.79 Å². The van der Waals surface area contributed by atoms with Crippen LogP contribution in [-0.4, -0.2) is 28.3 Å². The molecule has 3 aromatic heterocycles. The van der Waals surface area contributed by atoms with Crippen LogP contribution in [0.15, 0.2) is 55.1 Å². The molecule has 0 bridgehead atoms. The molecule has 6 nitrogen and oxygen atoms in total. The van der Waals surface area contributed by atoms with Gasteiger partial charge in [-0.3, -0.25) is 14.8 Å². The fraction of sp³-hybridized carbons (Fsp3) is 0.111. The SMILES string of the molecule is COc1cc(C=O)c(OCc2cccnc2-c2cccnc2)cn1. The zero-order valence-corrected chi connectivity index (χ0v) is 13.0. The maximum Gasteiger partial charge on any atom is 0.213 e. The Hall–Kier alpha value is -3.28. The van der Waals surface area contributed by atoms with Crippen molar-refractivity contribution in [3.8, 4) is 22.9 Å². The van der Waals surface area contributed by atoms with Crippen LogP contribution < -0.4 is 9.47 Å². The van der Waals surface area contributed by atoms with Gasteiger partial charge in [0, 0.05) is 35.8 Å². The van der Waals surface area contributed by atoms with Gasteiger partial charge in [0.2, 0.25) is 5.88 Å². The van der Waals surface area contributed by atoms with Crippen LogP contribution in [0.1, 0.15) is 15.9 Å². The summed E-state index contributed by atoms with van der Waals surface area (Å²) in [5, 5.41) is 0. The van der Waals surface area contributed by atoms with Gasteiger partial charge in [-0.2, -0.15) is 0 Å². The summed E-state index contributed by atoms with van der Waals surface area (Å²) in [5.74, 6) is 0.758. The molecule has 0 saturated heterocycles. The summed E-state index contributed by atoms with van der Waals surface area (Å²) in [6, 6.07) is 9.09. The molecular formula is C18H15N3O3. The summed E-state index contributed by atoms with van der Waals surface area (Å²) in [7, 11) is 1.49. The van der Waals surface area contributed by atoms with Gasteiger partial charge in [-0.25, -0.2) is 4.98 Å². The lowest BCUT2D eigenvalue weighted by Gasteiger charge is -2.11. The first-order valence-corrected chi connectivity index (χ1v) is 7.28. The second kappa shape index (κ2) is 7.32.